The maximum absolute atomic E-state index is 10.7. The number of hydrogen-bond donors (Lipinski definition) is 1. The summed E-state index contributed by atoms with van der Waals surface area (Å²) in [6.07, 6.45) is 1.96. The van der Waals surface area contributed by atoms with Gasteiger partial charge in [0, 0.05) is 12.5 Å². The molecule has 0 bridgehead atoms. The molecule has 2 aliphatic rings. The molecule has 25 heavy (non-hydrogen) atoms. The summed E-state index contributed by atoms with van der Waals surface area (Å²) in [5.41, 5.74) is 0.843. The minimum absolute atomic E-state index is 0.338. The molecular formula is C17H25N5O3. The lowest BCUT2D eigenvalue weighted by molar-refractivity contribution is -0.0768. The second-order valence-corrected chi connectivity index (χ2v) is 7.18. The third kappa shape index (κ3) is 3.67. The first-order valence-corrected chi connectivity index (χ1v) is 8.92. The van der Waals surface area contributed by atoms with Crippen LogP contribution in [0.3, 0.4) is 0 Å². The highest BCUT2D eigenvalue weighted by Crippen LogP contribution is 2.27. The lowest BCUT2D eigenvalue weighted by Gasteiger charge is -2.36. The smallest absolute Gasteiger partial charge is 0.177 e. The van der Waals surface area contributed by atoms with Gasteiger partial charge < -0.3 is 19.5 Å². The second kappa shape index (κ2) is 6.95. The first kappa shape index (κ1) is 16.8. The van der Waals surface area contributed by atoms with E-state index in [-0.39, 0.29) is 0 Å². The molecule has 2 aliphatic heterocycles. The summed E-state index contributed by atoms with van der Waals surface area (Å²) in [7, 11) is 0. The average Bonchev–Trinajstić information content (AvgIpc) is 2.89. The number of β-amino-alcohol motifs (C(OH)–C–C–N with tert-alkyl or cyclic N) is 1. The Labute approximate surface area is 146 Å². The van der Waals surface area contributed by atoms with Gasteiger partial charge in [-0.1, -0.05) is 0 Å². The first-order valence-electron chi connectivity index (χ1n) is 8.92. The van der Waals surface area contributed by atoms with Gasteiger partial charge in [-0.15, -0.1) is 10.2 Å². The molecule has 2 aromatic heterocycles. The monoisotopic (exact) mass is 347 g/mol. The first-order chi connectivity index (χ1) is 12.1. The summed E-state index contributed by atoms with van der Waals surface area (Å²) in [6.45, 7) is 6.16. The van der Waals surface area contributed by atoms with Crippen LogP contribution < -0.4 is 0 Å². The quantitative estimate of drug-likeness (QED) is 0.860. The van der Waals surface area contributed by atoms with E-state index in [1.54, 1.807) is 0 Å². The molecule has 2 fully saturated rings. The van der Waals surface area contributed by atoms with E-state index in [9.17, 15) is 5.11 Å². The fraction of sp³-hybridized carbons (Fsp3) is 0.706. The number of fused-ring (bicyclic) bond motifs is 1. The van der Waals surface area contributed by atoms with Crippen molar-refractivity contribution in [3.8, 4) is 0 Å². The van der Waals surface area contributed by atoms with Crippen molar-refractivity contribution in [3.05, 3.63) is 23.7 Å². The minimum Gasteiger partial charge on any atom is -0.384 e. The van der Waals surface area contributed by atoms with Crippen LogP contribution in [0, 0.1) is 6.92 Å². The molecule has 2 aromatic rings. The van der Waals surface area contributed by atoms with E-state index in [0.717, 1.165) is 43.1 Å². The van der Waals surface area contributed by atoms with Crippen molar-refractivity contribution in [2.75, 3.05) is 46.1 Å². The number of aliphatic hydroxyl groups is 1. The second-order valence-electron chi connectivity index (χ2n) is 7.18. The van der Waals surface area contributed by atoms with Crippen LogP contribution in [0.2, 0.25) is 0 Å². The third-order valence-electron chi connectivity index (χ3n) is 5.00. The van der Waals surface area contributed by atoms with Crippen LogP contribution >= 0.6 is 0 Å². The number of aromatic nitrogens is 4. The number of likely N-dealkylation sites (tertiary alicyclic amines) is 1. The third-order valence-corrected chi connectivity index (χ3v) is 5.00. The normalized spacial score (nSPS) is 23.0. The molecule has 0 aliphatic carbocycles. The molecular weight excluding hydrogens is 322 g/mol. The zero-order valence-electron chi connectivity index (χ0n) is 14.6. The molecule has 8 nitrogen and oxygen atoms in total. The molecule has 4 heterocycles. The molecule has 0 spiro atoms. The maximum Gasteiger partial charge on any atom is 0.177 e. The zero-order valence-corrected chi connectivity index (χ0v) is 14.6. The van der Waals surface area contributed by atoms with Gasteiger partial charge in [0.1, 0.15) is 5.60 Å². The molecule has 8 heteroatoms. The van der Waals surface area contributed by atoms with Crippen molar-refractivity contribution in [1.29, 1.82) is 0 Å². The van der Waals surface area contributed by atoms with Crippen LogP contribution in [0.1, 0.15) is 30.3 Å². The van der Waals surface area contributed by atoms with Gasteiger partial charge in [-0.25, -0.2) is 0 Å². The van der Waals surface area contributed by atoms with Crippen molar-refractivity contribution in [2.24, 2.45) is 0 Å². The minimum atomic E-state index is -0.913. The standard InChI is InChI=1S/C17H25N5O3/c1-13-2-3-15-18-19-16(22(15)20-13)14-4-6-21(7-5-14)10-17(23)11-24-8-9-25-12-17/h2-3,14,23H,4-12H2,1H3. The Hall–Kier alpha value is -1.61. The molecule has 0 aromatic carbocycles. The molecule has 1 N–H and O–H groups in total. The zero-order chi connectivity index (χ0) is 17.3. The van der Waals surface area contributed by atoms with E-state index in [4.69, 9.17) is 9.47 Å². The van der Waals surface area contributed by atoms with Crippen LogP contribution in [0.15, 0.2) is 12.1 Å². The van der Waals surface area contributed by atoms with Crippen molar-refractivity contribution in [1.82, 2.24) is 24.7 Å². The van der Waals surface area contributed by atoms with Gasteiger partial charge in [-0.3, -0.25) is 0 Å². The fourth-order valence-electron chi connectivity index (χ4n) is 3.69. The molecule has 4 rings (SSSR count). The fourth-order valence-corrected chi connectivity index (χ4v) is 3.69. The van der Waals surface area contributed by atoms with E-state index in [2.05, 4.69) is 20.2 Å². The average molecular weight is 347 g/mol. The van der Waals surface area contributed by atoms with Crippen molar-refractivity contribution < 1.29 is 14.6 Å². The molecule has 0 radical (unpaired) electrons. The topological polar surface area (TPSA) is 85.0 Å². The van der Waals surface area contributed by atoms with Crippen molar-refractivity contribution in [2.45, 2.75) is 31.3 Å². The van der Waals surface area contributed by atoms with E-state index in [1.165, 1.54) is 0 Å². The predicted molar refractivity (Wildman–Crippen MR) is 90.5 cm³/mol. The van der Waals surface area contributed by atoms with E-state index >= 15 is 0 Å². The van der Waals surface area contributed by atoms with Gasteiger partial charge >= 0.3 is 0 Å². The van der Waals surface area contributed by atoms with Crippen molar-refractivity contribution >= 4 is 5.65 Å². The number of aryl methyl sites for hydroxylation is 1. The Morgan fingerprint density at radius 2 is 1.88 bits per heavy atom. The van der Waals surface area contributed by atoms with Crippen molar-refractivity contribution in [3.63, 3.8) is 0 Å². The maximum atomic E-state index is 10.7. The molecule has 0 unspecified atom stereocenters. The highest BCUT2D eigenvalue weighted by atomic mass is 16.6. The Kier molecular flexibility index (Phi) is 4.68. The molecule has 0 saturated carbocycles. The highest BCUT2D eigenvalue weighted by molar-refractivity contribution is 5.36. The number of piperidine rings is 1. The lowest BCUT2D eigenvalue weighted by Crippen LogP contribution is -2.50. The summed E-state index contributed by atoms with van der Waals surface area (Å²) >= 11 is 0. The molecule has 0 atom stereocenters. The highest BCUT2D eigenvalue weighted by Gasteiger charge is 2.34. The Morgan fingerprint density at radius 1 is 1.16 bits per heavy atom. The van der Waals surface area contributed by atoms with Crippen LogP contribution in [-0.2, 0) is 9.47 Å². The van der Waals surface area contributed by atoms with Gasteiger partial charge in [0.15, 0.2) is 11.5 Å². The summed E-state index contributed by atoms with van der Waals surface area (Å²) in [6, 6.07) is 3.91. The van der Waals surface area contributed by atoms with Crippen LogP contribution in [-0.4, -0.2) is 81.5 Å². The van der Waals surface area contributed by atoms with Gasteiger partial charge in [0.2, 0.25) is 0 Å². The number of rotatable bonds is 3. The Bertz CT molecular complexity index is 718. The number of hydrogen-bond acceptors (Lipinski definition) is 7. The molecule has 2 saturated heterocycles. The summed E-state index contributed by atoms with van der Waals surface area (Å²) < 4.78 is 12.8. The van der Waals surface area contributed by atoms with E-state index < -0.39 is 5.60 Å². The largest absolute Gasteiger partial charge is 0.384 e. The summed E-state index contributed by atoms with van der Waals surface area (Å²) in [4.78, 5) is 2.29. The lowest BCUT2D eigenvalue weighted by atomic mass is 9.94. The van der Waals surface area contributed by atoms with E-state index in [0.29, 0.717) is 38.9 Å². The molecule has 0 amide bonds. The SMILES string of the molecule is Cc1ccc2nnc(C3CCN(CC4(O)COCCOC4)CC3)n2n1. The Morgan fingerprint density at radius 3 is 2.60 bits per heavy atom. The van der Waals surface area contributed by atoms with Crippen LogP contribution in [0.4, 0.5) is 0 Å². The van der Waals surface area contributed by atoms with Crippen LogP contribution in [0.5, 0.6) is 0 Å². The summed E-state index contributed by atoms with van der Waals surface area (Å²) in [5.74, 6) is 1.29. The van der Waals surface area contributed by atoms with Gasteiger partial charge in [0.25, 0.3) is 0 Å². The number of nitrogens with zero attached hydrogens (tertiary/aromatic N) is 5. The Balaban J connectivity index is 1.40. The van der Waals surface area contributed by atoms with Gasteiger partial charge in [-0.05, 0) is 45.0 Å². The predicted octanol–water partition coefficient (Wildman–Crippen LogP) is 0.390. The van der Waals surface area contributed by atoms with Gasteiger partial charge in [0.05, 0.1) is 32.1 Å². The van der Waals surface area contributed by atoms with Crippen LogP contribution in [0.25, 0.3) is 5.65 Å². The number of ether oxygens (including phenoxy) is 2. The van der Waals surface area contributed by atoms with Gasteiger partial charge in [-0.2, -0.15) is 9.61 Å². The van der Waals surface area contributed by atoms with E-state index in [1.807, 2.05) is 23.6 Å². The molecule has 136 valence electrons. The summed E-state index contributed by atoms with van der Waals surface area (Å²) in [5, 5.41) is 23.8.